The van der Waals surface area contributed by atoms with Crippen LogP contribution in [0.15, 0.2) is 57.7 Å². The fourth-order valence-corrected chi connectivity index (χ4v) is 2.73. The van der Waals surface area contributed by atoms with Crippen LogP contribution in [-0.4, -0.2) is 30.4 Å². The van der Waals surface area contributed by atoms with Crippen molar-refractivity contribution in [3.05, 3.63) is 63.8 Å². The summed E-state index contributed by atoms with van der Waals surface area (Å²) >= 11 is 5.91. The molecule has 3 rings (SSSR count). The quantitative estimate of drug-likeness (QED) is 0.644. The maximum Gasteiger partial charge on any atom is 0.193 e. The molecular formula is C21H22ClNO4. The van der Waals surface area contributed by atoms with E-state index < -0.39 is 6.10 Å². The van der Waals surface area contributed by atoms with E-state index in [1.807, 2.05) is 13.8 Å². The molecule has 5 nitrogen and oxygen atoms in total. The third-order valence-electron chi connectivity index (χ3n) is 4.03. The molecule has 0 aliphatic heterocycles. The minimum atomic E-state index is -0.629. The normalized spacial score (nSPS) is 12.5. The van der Waals surface area contributed by atoms with Gasteiger partial charge in [0, 0.05) is 35.3 Å². The van der Waals surface area contributed by atoms with Gasteiger partial charge < -0.3 is 19.6 Å². The topological polar surface area (TPSA) is 71.7 Å². The molecule has 0 saturated carbocycles. The van der Waals surface area contributed by atoms with E-state index in [0.717, 1.165) is 5.56 Å². The Morgan fingerprint density at radius 3 is 2.59 bits per heavy atom. The highest BCUT2D eigenvalue weighted by atomic mass is 35.5. The summed E-state index contributed by atoms with van der Waals surface area (Å²) in [5.74, 6) is 0.991. The number of ether oxygens (including phenoxy) is 1. The molecule has 0 aliphatic rings. The van der Waals surface area contributed by atoms with E-state index in [4.69, 9.17) is 20.8 Å². The van der Waals surface area contributed by atoms with Gasteiger partial charge in [-0.25, -0.2) is 0 Å². The molecule has 0 bridgehead atoms. The van der Waals surface area contributed by atoms with Gasteiger partial charge in [0.05, 0.1) is 5.39 Å². The van der Waals surface area contributed by atoms with Gasteiger partial charge in [-0.15, -0.1) is 0 Å². The molecule has 0 aliphatic carbocycles. The lowest BCUT2D eigenvalue weighted by molar-refractivity contribution is 0.104. The molecule has 1 aromatic heterocycles. The first-order valence-corrected chi connectivity index (χ1v) is 9.18. The van der Waals surface area contributed by atoms with E-state index in [0.29, 0.717) is 40.1 Å². The molecule has 6 heteroatoms. The molecule has 0 fully saturated rings. The lowest BCUT2D eigenvalue weighted by Crippen LogP contribution is -2.35. The predicted molar refractivity (Wildman–Crippen MR) is 108 cm³/mol. The highest BCUT2D eigenvalue weighted by Gasteiger charge is 2.10. The van der Waals surface area contributed by atoms with Crippen LogP contribution in [-0.2, 0) is 0 Å². The molecule has 0 spiro atoms. The number of halogens is 1. The van der Waals surface area contributed by atoms with Crippen molar-refractivity contribution in [2.75, 3.05) is 13.2 Å². The third kappa shape index (κ3) is 5.10. The average Bonchev–Trinajstić information content (AvgIpc) is 2.65. The van der Waals surface area contributed by atoms with Crippen LogP contribution in [0.1, 0.15) is 13.8 Å². The number of hydrogen-bond acceptors (Lipinski definition) is 5. The molecule has 0 radical (unpaired) electrons. The Bertz CT molecular complexity index is 966. The van der Waals surface area contributed by atoms with Gasteiger partial charge in [0.25, 0.3) is 0 Å². The predicted octanol–water partition coefficient (Wildman–Crippen LogP) is 3.85. The molecule has 0 saturated heterocycles. The highest BCUT2D eigenvalue weighted by Crippen LogP contribution is 2.26. The number of hydrogen-bond donors (Lipinski definition) is 2. The molecule has 0 amide bonds. The smallest absolute Gasteiger partial charge is 0.193 e. The zero-order chi connectivity index (χ0) is 19.4. The van der Waals surface area contributed by atoms with Crippen LogP contribution >= 0.6 is 11.6 Å². The van der Waals surface area contributed by atoms with Gasteiger partial charge in [0.2, 0.25) is 0 Å². The van der Waals surface area contributed by atoms with Gasteiger partial charge in [-0.3, -0.25) is 4.79 Å². The van der Waals surface area contributed by atoms with Crippen molar-refractivity contribution in [3.63, 3.8) is 0 Å². The molecule has 142 valence electrons. The Hall–Kier alpha value is -2.34. The van der Waals surface area contributed by atoms with Crippen LogP contribution < -0.4 is 15.5 Å². The summed E-state index contributed by atoms with van der Waals surface area (Å²) in [4.78, 5) is 12.4. The first kappa shape index (κ1) is 19.4. The summed E-state index contributed by atoms with van der Waals surface area (Å²) < 4.78 is 11.5. The van der Waals surface area contributed by atoms with Crippen molar-refractivity contribution in [1.29, 1.82) is 0 Å². The van der Waals surface area contributed by atoms with E-state index in [1.54, 1.807) is 42.5 Å². The van der Waals surface area contributed by atoms with Gasteiger partial charge in [-0.1, -0.05) is 25.4 Å². The van der Waals surface area contributed by atoms with E-state index >= 15 is 0 Å². The van der Waals surface area contributed by atoms with E-state index in [9.17, 15) is 9.90 Å². The Labute approximate surface area is 162 Å². The third-order valence-corrected chi connectivity index (χ3v) is 4.29. The van der Waals surface area contributed by atoms with Crippen molar-refractivity contribution < 1.29 is 14.3 Å². The standard InChI is InChI=1S/C21H22ClNO4/c1-13(2)23-11-16(24)12-26-17-7-8-18-19(25)10-20(27-21(18)9-17)14-3-5-15(22)6-4-14/h3-10,13,16,23-24H,11-12H2,1-2H3. The average molecular weight is 388 g/mol. The van der Waals surface area contributed by atoms with Crippen molar-refractivity contribution >= 4 is 22.6 Å². The van der Waals surface area contributed by atoms with Crippen molar-refractivity contribution in [2.24, 2.45) is 0 Å². The molecule has 2 aromatic carbocycles. The van der Waals surface area contributed by atoms with Crippen LogP contribution in [0, 0.1) is 0 Å². The molecular weight excluding hydrogens is 366 g/mol. The van der Waals surface area contributed by atoms with Gasteiger partial charge in [0.15, 0.2) is 5.43 Å². The number of benzene rings is 2. The maximum absolute atomic E-state index is 12.4. The van der Waals surface area contributed by atoms with E-state index in [1.165, 1.54) is 6.07 Å². The zero-order valence-corrected chi connectivity index (χ0v) is 16.0. The highest BCUT2D eigenvalue weighted by molar-refractivity contribution is 6.30. The van der Waals surface area contributed by atoms with Gasteiger partial charge in [0.1, 0.15) is 29.8 Å². The lowest BCUT2D eigenvalue weighted by Gasteiger charge is -2.15. The number of aliphatic hydroxyl groups is 1. The Morgan fingerprint density at radius 2 is 1.89 bits per heavy atom. The Morgan fingerprint density at radius 1 is 1.15 bits per heavy atom. The van der Waals surface area contributed by atoms with Gasteiger partial charge in [-0.05, 0) is 36.4 Å². The monoisotopic (exact) mass is 387 g/mol. The zero-order valence-electron chi connectivity index (χ0n) is 15.2. The Balaban J connectivity index is 1.81. The fourth-order valence-electron chi connectivity index (χ4n) is 2.60. The second-order valence-electron chi connectivity index (χ2n) is 6.67. The summed E-state index contributed by atoms with van der Waals surface area (Å²) in [7, 11) is 0. The summed E-state index contributed by atoms with van der Waals surface area (Å²) in [6, 6.07) is 13.9. The van der Waals surface area contributed by atoms with E-state index in [2.05, 4.69) is 5.32 Å². The molecule has 1 unspecified atom stereocenters. The largest absolute Gasteiger partial charge is 0.491 e. The summed E-state index contributed by atoms with van der Waals surface area (Å²) in [5, 5.41) is 14.2. The van der Waals surface area contributed by atoms with Crippen LogP contribution in [0.5, 0.6) is 5.75 Å². The minimum absolute atomic E-state index is 0.131. The maximum atomic E-state index is 12.4. The van der Waals surface area contributed by atoms with Crippen LogP contribution in [0.2, 0.25) is 5.02 Å². The molecule has 2 N–H and O–H groups in total. The van der Waals surface area contributed by atoms with Gasteiger partial charge in [-0.2, -0.15) is 0 Å². The number of aliphatic hydroxyl groups excluding tert-OH is 1. The summed E-state index contributed by atoms with van der Waals surface area (Å²) in [5.41, 5.74) is 1.06. The molecule has 1 heterocycles. The second-order valence-corrected chi connectivity index (χ2v) is 7.10. The number of nitrogens with one attached hydrogen (secondary N) is 1. The lowest BCUT2D eigenvalue weighted by atomic mass is 10.1. The van der Waals surface area contributed by atoms with Crippen molar-refractivity contribution in [1.82, 2.24) is 5.32 Å². The van der Waals surface area contributed by atoms with Crippen LogP contribution in [0.3, 0.4) is 0 Å². The first-order valence-electron chi connectivity index (χ1n) is 8.80. The van der Waals surface area contributed by atoms with Gasteiger partial charge >= 0.3 is 0 Å². The first-order chi connectivity index (χ1) is 12.9. The second kappa shape index (κ2) is 8.57. The number of fused-ring (bicyclic) bond motifs is 1. The Kier molecular flexibility index (Phi) is 6.16. The van der Waals surface area contributed by atoms with Crippen LogP contribution in [0.25, 0.3) is 22.3 Å². The minimum Gasteiger partial charge on any atom is -0.491 e. The van der Waals surface area contributed by atoms with Crippen molar-refractivity contribution in [3.8, 4) is 17.1 Å². The SMILES string of the molecule is CC(C)NCC(O)COc1ccc2c(=O)cc(-c3ccc(Cl)cc3)oc2c1. The van der Waals surface area contributed by atoms with Crippen LogP contribution in [0.4, 0.5) is 0 Å². The summed E-state index contributed by atoms with van der Waals surface area (Å²) in [6.45, 7) is 4.61. The summed E-state index contributed by atoms with van der Waals surface area (Å²) in [6.07, 6.45) is -0.629. The van der Waals surface area contributed by atoms with E-state index in [-0.39, 0.29) is 12.0 Å². The number of rotatable bonds is 7. The van der Waals surface area contributed by atoms with Crippen molar-refractivity contribution in [2.45, 2.75) is 26.0 Å². The fraction of sp³-hybridized carbons (Fsp3) is 0.286. The molecule has 3 aromatic rings. The molecule has 1 atom stereocenters. The molecule has 27 heavy (non-hydrogen) atoms.